The first-order valence-corrected chi connectivity index (χ1v) is 6.10. The Morgan fingerprint density at radius 1 is 1.24 bits per heavy atom. The van der Waals surface area contributed by atoms with Gasteiger partial charge in [-0.25, -0.2) is 0 Å². The molecule has 0 amide bonds. The van der Waals surface area contributed by atoms with E-state index in [-0.39, 0.29) is 5.47 Å². The summed E-state index contributed by atoms with van der Waals surface area (Å²) < 4.78 is 5.26. The molecule has 17 heavy (non-hydrogen) atoms. The zero-order valence-corrected chi connectivity index (χ0v) is 11.4. The van der Waals surface area contributed by atoms with E-state index in [9.17, 15) is 0 Å². The van der Waals surface area contributed by atoms with Crippen LogP contribution in [0.15, 0.2) is 36.0 Å². The van der Waals surface area contributed by atoms with Gasteiger partial charge < -0.3 is 14.8 Å². The molecule has 2 N–H and O–H groups in total. The number of rotatable bonds is 6. The van der Waals surface area contributed by atoms with E-state index in [4.69, 9.17) is 14.8 Å². The van der Waals surface area contributed by atoms with Crippen LogP contribution in [0.2, 0.25) is 0 Å². The topological polar surface area (TPSA) is 49.7 Å². The lowest BCUT2D eigenvalue weighted by molar-refractivity contribution is 0.239. The van der Waals surface area contributed by atoms with Crippen molar-refractivity contribution in [2.75, 3.05) is 6.61 Å². The highest BCUT2D eigenvalue weighted by Gasteiger charge is 2.16. The predicted octanol–water partition coefficient (Wildman–Crippen LogP) is 2.86. The van der Waals surface area contributed by atoms with Crippen molar-refractivity contribution < 1.29 is 14.8 Å². The van der Waals surface area contributed by atoms with E-state index >= 15 is 0 Å². The normalized spacial score (nSPS) is 11.4. The fourth-order valence-corrected chi connectivity index (χ4v) is 0.941. The molecule has 0 heterocycles. The van der Waals surface area contributed by atoms with Crippen molar-refractivity contribution in [1.82, 2.24) is 0 Å². The molecular formula is C13H25BO3. The van der Waals surface area contributed by atoms with Crippen LogP contribution in [0.4, 0.5) is 0 Å². The van der Waals surface area contributed by atoms with Gasteiger partial charge >= 0.3 is 7.12 Å². The fraction of sp³-hybridized carbons (Fsp3) is 0.538. The summed E-state index contributed by atoms with van der Waals surface area (Å²) in [7, 11) is -1.55. The molecule has 0 aliphatic carbocycles. The minimum absolute atomic E-state index is 0.288. The Labute approximate surface area is 106 Å². The van der Waals surface area contributed by atoms with E-state index in [1.54, 1.807) is 6.08 Å². The molecule has 4 heteroatoms. The predicted molar refractivity (Wildman–Crippen MR) is 74.4 cm³/mol. The standard InChI is InChI=1S/C10H17BO3.C3H8/c1-4-7-8-10(14-6-3)9(5-2)11(12)13;1-3-2/h5,7-8,12-13H,2,4,6H2,1,3H3;3H2,1-2H3/b8-7-,10-9-;. The second kappa shape index (κ2) is 13.1. The van der Waals surface area contributed by atoms with Gasteiger partial charge in [-0.1, -0.05) is 45.9 Å². The van der Waals surface area contributed by atoms with Gasteiger partial charge in [-0.05, 0) is 19.4 Å². The smallest absolute Gasteiger partial charge is 0.492 e. The lowest BCUT2D eigenvalue weighted by Gasteiger charge is -2.08. The third kappa shape index (κ3) is 9.91. The van der Waals surface area contributed by atoms with Crippen molar-refractivity contribution in [3.63, 3.8) is 0 Å². The third-order valence-corrected chi connectivity index (χ3v) is 1.59. The Morgan fingerprint density at radius 2 is 1.76 bits per heavy atom. The van der Waals surface area contributed by atoms with Crippen molar-refractivity contribution in [2.24, 2.45) is 0 Å². The quantitative estimate of drug-likeness (QED) is 0.426. The SMILES string of the molecule is C=C/C(B(O)O)=C(\C=C/CC)OCC.CCC. The van der Waals surface area contributed by atoms with Crippen molar-refractivity contribution in [3.05, 3.63) is 36.0 Å². The molecule has 0 aromatic rings. The third-order valence-electron chi connectivity index (χ3n) is 1.59. The minimum atomic E-state index is -1.55. The van der Waals surface area contributed by atoms with Crippen LogP contribution < -0.4 is 0 Å². The average Bonchev–Trinajstić information content (AvgIpc) is 2.27. The van der Waals surface area contributed by atoms with Gasteiger partial charge in [-0.3, -0.25) is 0 Å². The summed E-state index contributed by atoms with van der Waals surface area (Å²) in [5.74, 6) is 0.458. The summed E-state index contributed by atoms with van der Waals surface area (Å²) in [6, 6.07) is 0. The maximum absolute atomic E-state index is 9.02. The molecule has 0 fully saturated rings. The highest BCUT2D eigenvalue weighted by Crippen LogP contribution is 2.11. The Bertz CT molecular complexity index is 245. The Morgan fingerprint density at radius 3 is 2.06 bits per heavy atom. The fourth-order valence-electron chi connectivity index (χ4n) is 0.941. The molecule has 3 nitrogen and oxygen atoms in total. The molecule has 0 bridgehead atoms. The van der Waals surface area contributed by atoms with Gasteiger partial charge in [0.2, 0.25) is 0 Å². The summed E-state index contributed by atoms with van der Waals surface area (Å²) >= 11 is 0. The number of hydrogen-bond acceptors (Lipinski definition) is 3. The summed E-state index contributed by atoms with van der Waals surface area (Å²) in [6.07, 6.45) is 7.11. The first kappa shape index (κ1) is 18.4. The van der Waals surface area contributed by atoms with Crippen LogP contribution in [0.3, 0.4) is 0 Å². The second-order valence-electron chi connectivity index (χ2n) is 3.35. The molecule has 0 unspecified atom stereocenters. The lowest BCUT2D eigenvalue weighted by atomic mass is 9.78. The van der Waals surface area contributed by atoms with E-state index in [0.29, 0.717) is 12.4 Å². The second-order valence-corrected chi connectivity index (χ2v) is 3.35. The Hall–Kier alpha value is -0.995. The first-order chi connectivity index (χ1) is 8.08. The molecular weight excluding hydrogens is 215 g/mol. The van der Waals surface area contributed by atoms with Gasteiger partial charge in [0, 0.05) is 5.47 Å². The van der Waals surface area contributed by atoms with Gasteiger partial charge in [0.05, 0.1) is 6.61 Å². The average molecular weight is 240 g/mol. The van der Waals surface area contributed by atoms with Gasteiger partial charge in [-0.15, -0.1) is 0 Å². The highest BCUT2D eigenvalue weighted by atomic mass is 16.5. The van der Waals surface area contributed by atoms with Gasteiger partial charge in [0.25, 0.3) is 0 Å². The molecule has 0 atom stereocenters. The summed E-state index contributed by atoms with van der Waals surface area (Å²) in [6.45, 7) is 12.1. The molecule has 0 rings (SSSR count). The summed E-state index contributed by atoms with van der Waals surface area (Å²) in [4.78, 5) is 0. The van der Waals surface area contributed by atoms with E-state index in [1.807, 2.05) is 19.9 Å². The van der Waals surface area contributed by atoms with Gasteiger partial charge in [0.1, 0.15) is 5.76 Å². The first-order valence-electron chi connectivity index (χ1n) is 6.10. The maximum atomic E-state index is 9.02. The Kier molecular flexibility index (Phi) is 14.1. The molecule has 0 saturated heterocycles. The molecule has 0 spiro atoms. The van der Waals surface area contributed by atoms with E-state index in [2.05, 4.69) is 20.4 Å². The van der Waals surface area contributed by atoms with Crippen LogP contribution in [0.25, 0.3) is 0 Å². The number of hydrogen-bond donors (Lipinski definition) is 2. The molecule has 0 aromatic heterocycles. The van der Waals surface area contributed by atoms with Crippen LogP contribution in [-0.4, -0.2) is 23.8 Å². The number of allylic oxidation sites excluding steroid dienone is 4. The summed E-state index contributed by atoms with van der Waals surface area (Å²) in [5.41, 5.74) is 0.288. The molecule has 0 aromatic carbocycles. The number of ether oxygens (including phenoxy) is 1. The molecule has 98 valence electrons. The van der Waals surface area contributed by atoms with Crippen LogP contribution >= 0.6 is 0 Å². The van der Waals surface area contributed by atoms with Gasteiger partial charge in [-0.2, -0.15) is 0 Å². The lowest BCUT2D eigenvalue weighted by Crippen LogP contribution is -2.16. The van der Waals surface area contributed by atoms with Crippen molar-refractivity contribution in [3.8, 4) is 0 Å². The van der Waals surface area contributed by atoms with E-state index in [0.717, 1.165) is 6.42 Å². The highest BCUT2D eigenvalue weighted by molar-refractivity contribution is 6.52. The molecule has 0 aliphatic rings. The van der Waals surface area contributed by atoms with Crippen molar-refractivity contribution >= 4 is 7.12 Å². The van der Waals surface area contributed by atoms with Crippen molar-refractivity contribution in [1.29, 1.82) is 0 Å². The monoisotopic (exact) mass is 240 g/mol. The zero-order valence-electron chi connectivity index (χ0n) is 11.4. The van der Waals surface area contributed by atoms with Crippen LogP contribution in [-0.2, 0) is 4.74 Å². The zero-order chi connectivity index (χ0) is 13.7. The van der Waals surface area contributed by atoms with Crippen molar-refractivity contribution in [2.45, 2.75) is 40.5 Å². The van der Waals surface area contributed by atoms with E-state index < -0.39 is 7.12 Å². The van der Waals surface area contributed by atoms with Crippen LogP contribution in [0.1, 0.15) is 40.5 Å². The molecule has 0 aliphatic heterocycles. The largest absolute Gasteiger partial charge is 0.494 e. The van der Waals surface area contributed by atoms with Crippen LogP contribution in [0.5, 0.6) is 0 Å². The molecule has 0 radical (unpaired) electrons. The summed E-state index contributed by atoms with van der Waals surface area (Å²) in [5, 5.41) is 18.0. The molecule has 0 saturated carbocycles. The maximum Gasteiger partial charge on any atom is 0.492 e. The van der Waals surface area contributed by atoms with E-state index in [1.165, 1.54) is 12.5 Å². The minimum Gasteiger partial charge on any atom is -0.494 e. The van der Waals surface area contributed by atoms with Crippen LogP contribution in [0, 0.1) is 0 Å². The Balaban J connectivity index is 0. The van der Waals surface area contributed by atoms with Gasteiger partial charge in [0.15, 0.2) is 0 Å².